The molecule has 1 amide bonds. The first-order chi connectivity index (χ1) is 8.58. The van der Waals surface area contributed by atoms with Crippen LogP contribution in [0.4, 0.5) is 4.39 Å². The molecule has 1 aromatic heterocycles. The lowest BCUT2D eigenvalue weighted by Gasteiger charge is -2.26. The van der Waals surface area contributed by atoms with Crippen molar-refractivity contribution in [2.75, 3.05) is 14.1 Å². The second-order valence-corrected chi connectivity index (χ2v) is 4.93. The number of carbonyl (C=O) groups excluding carboxylic acids is 1. The zero-order valence-electron chi connectivity index (χ0n) is 10.7. The standard InChI is InChI=1S/C13H18FN3O/c1-17(2)12-5-3-4-11(12)16-13(18)9-6-10(14)8-15-7-9/h6-8,11-12H,3-5H2,1-2H3,(H,16,18)/t11-,12-/m1/s1. The molecule has 5 heteroatoms. The van der Waals surface area contributed by atoms with Crippen molar-refractivity contribution in [3.63, 3.8) is 0 Å². The molecule has 2 rings (SSSR count). The molecule has 0 bridgehead atoms. The van der Waals surface area contributed by atoms with Gasteiger partial charge < -0.3 is 10.2 Å². The predicted molar refractivity (Wildman–Crippen MR) is 66.8 cm³/mol. The zero-order valence-corrected chi connectivity index (χ0v) is 10.7. The van der Waals surface area contributed by atoms with Crippen molar-refractivity contribution in [1.82, 2.24) is 15.2 Å². The van der Waals surface area contributed by atoms with Gasteiger partial charge in [-0.3, -0.25) is 9.78 Å². The van der Waals surface area contributed by atoms with Crippen LogP contribution in [0.1, 0.15) is 29.6 Å². The van der Waals surface area contributed by atoms with Gasteiger partial charge in [-0.15, -0.1) is 0 Å². The van der Waals surface area contributed by atoms with Crippen LogP contribution >= 0.6 is 0 Å². The lowest BCUT2D eigenvalue weighted by molar-refractivity contribution is 0.0918. The first-order valence-electron chi connectivity index (χ1n) is 6.16. The maximum absolute atomic E-state index is 13.0. The Morgan fingerprint density at radius 2 is 2.22 bits per heavy atom. The Morgan fingerprint density at radius 3 is 2.89 bits per heavy atom. The number of pyridine rings is 1. The van der Waals surface area contributed by atoms with E-state index in [1.54, 1.807) is 0 Å². The van der Waals surface area contributed by atoms with Crippen molar-refractivity contribution in [2.45, 2.75) is 31.3 Å². The minimum atomic E-state index is -0.488. The molecule has 1 N–H and O–H groups in total. The minimum absolute atomic E-state index is 0.135. The van der Waals surface area contributed by atoms with Crippen LogP contribution in [0.3, 0.4) is 0 Å². The summed E-state index contributed by atoms with van der Waals surface area (Å²) in [7, 11) is 4.03. The Bertz CT molecular complexity index is 436. The fourth-order valence-electron chi connectivity index (χ4n) is 2.51. The van der Waals surface area contributed by atoms with E-state index in [-0.39, 0.29) is 17.5 Å². The third-order valence-corrected chi connectivity index (χ3v) is 3.43. The van der Waals surface area contributed by atoms with E-state index in [9.17, 15) is 9.18 Å². The first kappa shape index (κ1) is 13.0. The summed E-state index contributed by atoms with van der Waals surface area (Å²) in [6.07, 6.45) is 5.64. The fraction of sp³-hybridized carbons (Fsp3) is 0.538. The van der Waals surface area contributed by atoms with E-state index < -0.39 is 5.82 Å². The van der Waals surface area contributed by atoms with Crippen LogP contribution in [0.5, 0.6) is 0 Å². The first-order valence-corrected chi connectivity index (χ1v) is 6.16. The maximum Gasteiger partial charge on any atom is 0.253 e. The minimum Gasteiger partial charge on any atom is -0.348 e. The van der Waals surface area contributed by atoms with Crippen LogP contribution in [-0.2, 0) is 0 Å². The van der Waals surface area contributed by atoms with Gasteiger partial charge >= 0.3 is 0 Å². The smallest absolute Gasteiger partial charge is 0.253 e. The van der Waals surface area contributed by atoms with Gasteiger partial charge in [0.25, 0.3) is 5.91 Å². The molecule has 1 aliphatic carbocycles. The summed E-state index contributed by atoms with van der Waals surface area (Å²) in [5.74, 6) is -0.737. The van der Waals surface area contributed by atoms with E-state index in [4.69, 9.17) is 0 Å². The quantitative estimate of drug-likeness (QED) is 0.884. The van der Waals surface area contributed by atoms with Crippen molar-refractivity contribution >= 4 is 5.91 Å². The van der Waals surface area contributed by atoms with E-state index >= 15 is 0 Å². The Morgan fingerprint density at radius 1 is 1.44 bits per heavy atom. The SMILES string of the molecule is CN(C)[C@@H]1CCC[C@H]1NC(=O)c1cncc(F)c1. The number of rotatable bonds is 3. The highest BCUT2D eigenvalue weighted by atomic mass is 19.1. The molecule has 0 unspecified atom stereocenters. The van der Waals surface area contributed by atoms with Crippen LogP contribution in [0, 0.1) is 5.82 Å². The molecule has 1 fully saturated rings. The summed E-state index contributed by atoms with van der Waals surface area (Å²) in [6.45, 7) is 0. The second-order valence-electron chi connectivity index (χ2n) is 4.93. The predicted octanol–water partition coefficient (Wildman–Crippen LogP) is 1.43. The molecule has 2 atom stereocenters. The van der Waals surface area contributed by atoms with E-state index in [0.717, 1.165) is 25.5 Å². The van der Waals surface area contributed by atoms with Crippen LogP contribution in [0.15, 0.2) is 18.5 Å². The molecule has 0 aromatic carbocycles. The number of aromatic nitrogens is 1. The zero-order chi connectivity index (χ0) is 13.1. The molecular weight excluding hydrogens is 233 g/mol. The lowest BCUT2D eigenvalue weighted by Crippen LogP contribution is -2.46. The number of nitrogens with zero attached hydrogens (tertiary/aromatic N) is 2. The van der Waals surface area contributed by atoms with Crippen molar-refractivity contribution in [3.05, 3.63) is 29.8 Å². The van der Waals surface area contributed by atoms with Gasteiger partial charge in [-0.1, -0.05) is 0 Å². The highest BCUT2D eigenvalue weighted by molar-refractivity contribution is 5.94. The van der Waals surface area contributed by atoms with Crippen LogP contribution < -0.4 is 5.32 Å². The molecule has 0 saturated heterocycles. The topological polar surface area (TPSA) is 45.2 Å². The molecule has 0 spiro atoms. The molecule has 1 heterocycles. The summed E-state index contributed by atoms with van der Waals surface area (Å²) in [5, 5.41) is 2.97. The number of hydrogen-bond donors (Lipinski definition) is 1. The Labute approximate surface area is 106 Å². The van der Waals surface area contributed by atoms with Crippen LogP contribution in [-0.4, -0.2) is 42.0 Å². The summed E-state index contributed by atoms with van der Waals surface area (Å²) in [4.78, 5) is 17.8. The highest BCUT2D eigenvalue weighted by Gasteiger charge is 2.30. The lowest BCUT2D eigenvalue weighted by atomic mass is 10.1. The van der Waals surface area contributed by atoms with Crippen LogP contribution in [0.2, 0.25) is 0 Å². The average molecular weight is 251 g/mol. The molecule has 1 aliphatic rings. The summed E-state index contributed by atoms with van der Waals surface area (Å²) in [5.41, 5.74) is 0.277. The number of likely N-dealkylation sites (N-methyl/N-ethyl adjacent to an activating group) is 1. The van der Waals surface area contributed by atoms with E-state index in [0.29, 0.717) is 6.04 Å². The Balaban J connectivity index is 2.03. The highest BCUT2D eigenvalue weighted by Crippen LogP contribution is 2.22. The third kappa shape index (κ3) is 2.85. The molecule has 0 radical (unpaired) electrons. The second kappa shape index (κ2) is 5.44. The number of amides is 1. The normalized spacial score (nSPS) is 23.3. The van der Waals surface area contributed by atoms with Gasteiger partial charge in [0.05, 0.1) is 11.8 Å². The summed E-state index contributed by atoms with van der Waals surface area (Å²) >= 11 is 0. The number of nitrogens with one attached hydrogen (secondary N) is 1. The Kier molecular flexibility index (Phi) is 3.91. The molecule has 4 nitrogen and oxygen atoms in total. The monoisotopic (exact) mass is 251 g/mol. The summed E-state index contributed by atoms with van der Waals surface area (Å²) in [6, 6.07) is 1.70. The van der Waals surface area contributed by atoms with Crippen molar-refractivity contribution in [2.24, 2.45) is 0 Å². The third-order valence-electron chi connectivity index (χ3n) is 3.43. The van der Waals surface area contributed by atoms with Crippen molar-refractivity contribution in [3.8, 4) is 0 Å². The van der Waals surface area contributed by atoms with Gasteiger partial charge in [0.1, 0.15) is 5.82 Å². The van der Waals surface area contributed by atoms with Gasteiger partial charge in [-0.2, -0.15) is 0 Å². The number of hydrogen-bond acceptors (Lipinski definition) is 3. The van der Waals surface area contributed by atoms with E-state index in [1.807, 2.05) is 14.1 Å². The van der Waals surface area contributed by atoms with Crippen LogP contribution in [0.25, 0.3) is 0 Å². The van der Waals surface area contributed by atoms with Crippen molar-refractivity contribution < 1.29 is 9.18 Å². The molecular formula is C13H18FN3O. The van der Waals surface area contributed by atoms with E-state index in [1.165, 1.54) is 12.3 Å². The van der Waals surface area contributed by atoms with Gasteiger partial charge in [-0.25, -0.2) is 4.39 Å². The molecule has 1 aromatic rings. The molecule has 98 valence electrons. The van der Waals surface area contributed by atoms with Crippen molar-refractivity contribution in [1.29, 1.82) is 0 Å². The molecule has 1 saturated carbocycles. The largest absolute Gasteiger partial charge is 0.348 e. The Hall–Kier alpha value is -1.49. The molecule has 18 heavy (non-hydrogen) atoms. The fourth-order valence-corrected chi connectivity index (χ4v) is 2.51. The van der Waals surface area contributed by atoms with Gasteiger partial charge in [0, 0.05) is 18.3 Å². The van der Waals surface area contributed by atoms with Gasteiger partial charge in [0.2, 0.25) is 0 Å². The number of carbonyl (C=O) groups is 1. The van der Waals surface area contributed by atoms with E-state index in [2.05, 4.69) is 15.2 Å². The maximum atomic E-state index is 13.0. The molecule has 0 aliphatic heterocycles. The van der Waals surface area contributed by atoms with Gasteiger partial charge in [-0.05, 0) is 39.4 Å². The average Bonchev–Trinajstić information content (AvgIpc) is 2.77. The number of halogens is 1. The summed E-state index contributed by atoms with van der Waals surface area (Å²) < 4.78 is 13.0. The van der Waals surface area contributed by atoms with Gasteiger partial charge in [0.15, 0.2) is 0 Å².